The van der Waals surface area contributed by atoms with Gasteiger partial charge in [0.1, 0.15) is 6.54 Å². The van der Waals surface area contributed by atoms with Gasteiger partial charge in [-0.15, -0.1) is 0 Å². The van der Waals surface area contributed by atoms with Crippen LogP contribution in [0.4, 0.5) is 13.2 Å². The molecule has 1 amide bonds. The molecule has 1 fully saturated rings. The molecule has 0 saturated carbocycles. The van der Waals surface area contributed by atoms with Crippen molar-refractivity contribution >= 4 is 5.91 Å². The van der Waals surface area contributed by atoms with Gasteiger partial charge in [0, 0.05) is 0 Å². The van der Waals surface area contributed by atoms with E-state index in [0.29, 0.717) is 5.06 Å². The number of hydrogen-bond acceptors (Lipinski definition) is 2. The van der Waals surface area contributed by atoms with E-state index in [0.717, 1.165) is 0 Å². The van der Waals surface area contributed by atoms with E-state index < -0.39 is 24.5 Å². The quantitative estimate of drug-likeness (QED) is 0.683. The lowest BCUT2D eigenvalue weighted by molar-refractivity contribution is -0.214. The minimum absolute atomic E-state index is 0.0262. The Morgan fingerprint density at radius 1 is 1.40 bits per heavy atom. The van der Waals surface area contributed by atoms with E-state index in [-0.39, 0.29) is 12.0 Å². The van der Waals surface area contributed by atoms with E-state index in [1.165, 1.54) is 0 Å². The van der Waals surface area contributed by atoms with Crippen LogP contribution < -0.4 is 0 Å². The van der Waals surface area contributed by atoms with Crippen molar-refractivity contribution in [1.82, 2.24) is 5.06 Å². The molecule has 6 heteroatoms. The van der Waals surface area contributed by atoms with E-state index in [1.807, 2.05) is 0 Å². The van der Waals surface area contributed by atoms with E-state index >= 15 is 0 Å². The molecule has 0 N–H and O–H groups in total. The smallest absolute Gasteiger partial charge is 0.272 e. The zero-order chi connectivity index (χ0) is 11.9. The molecule has 0 aliphatic carbocycles. The number of carbonyl (C=O) groups is 1. The Labute approximate surface area is 86.1 Å². The highest BCUT2D eigenvalue weighted by Crippen LogP contribution is 2.33. The van der Waals surface area contributed by atoms with Gasteiger partial charge in [-0.1, -0.05) is 20.8 Å². The molecule has 0 aromatic heterocycles. The lowest BCUT2D eigenvalue weighted by atomic mass is 9.81. The fourth-order valence-corrected chi connectivity index (χ4v) is 1.38. The first-order chi connectivity index (χ1) is 6.61. The van der Waals surface area contributed by atoms with Gasteiger partial charge in [-0.2, -0.15) is 13.2 Å². The molecule has 0 radical (unpaired) electrons. The summed E-state index contributed by atoms with van der Waals surface area (Å²) in [5.74, 6) is -1.08. The Balaban J connectivity index is 2.65. The largest absolute Gasteiger partial charge is 0.408 e. The van der Waals surface area contributed by atoms with E-state index in [9.17, 15) is 18.0 Å². The summed E-state index contributed by atoms with van der Waals surface area (Å²) in [6.45, 7) is 4.10. The SMILES string of the molecule is CC(C)(C)[C@@H]1CON(CC(F)(F)F)C1=O. The average Bonchev–Trinajstić information content (AvgIpc) is 2.27. The van der Waals surface area contributed by atoms with Crippen molar-refractivity contribution < 1.29 is 22.8 Å². The van der Waals surface area contributed by atoms with Crippen molar-refractivity contribution in [3.05, 3.63) is 0 Å². The Kier molecular flexibility index (Phi) is 3.00. The maximum absolute atomic E-state index is 12.0. The van der Waals surface area contributed by atoms with Crippen LogP contribution in [0.15, 0.2) is 0 Å². The molecular formula is C9H14F3NO2. The van der Waals surface area contributed by atoms with E-state index in [4.69, 9.17) is 4.84 Å². The average molecular weight is 225 g/mol. The van der Waals surface area contributed by atoms with Crippen LogP contribution in [0.5, 0.6) is 0 Å². The lowest BCUT2D eigenvalue weighted by Crippen LogP contribution is -2.38. The van der Waals surface area contributed by atoms with Gasteiger partial charge in [0.25, 0.3) is 5.91 Å². The number of halogens is 3. The van der Waals surface area contributed by atoms with Gasteiger partial charge in [0.15, 0.2) is 0 Å². The number of amides is 1. The molecule has 1 aliphatic heterocycles. The number of nitrogens with zero attached hydrogens (tertiary/aromatic N) is 1. The molecule has 0 bridgehead atoms. The molecule has 1 saturated heterocycles. The fraction of sp³-hybridized carbons (Fsp3) is 0.889. The van der Waals surface area contributed by atoms with Crippen molar-refractivity contribution in [2.24, 2.45) is 11.3 Å². The third kappa shape index (κ3) is 3.09. The van der Waals surface area contributed by atoms with Gasteiger partial charge >= 0.3 is 6.18 Å². The first-order valence-electron chi connectivity index (χ1n) is 4.62. The zero-order valence-corrected chi connectivity index (χ0v) is 8.89. The van der Waals surface area contributed by atoms with Gasteiger partial charge < -0.3 is 0 Å². The molecule has 15 heavy (non-hydrogen) atoms. The molecule has 1 atom stereocenters. The summed E-state index contributed by atoms with van der Waals surface area (Å²) < 4.78 is 36.1. The minimum Gasteiger partial charge on any atom is -0.272 e. The van der Waals surface area contributed by atoms with Crippen LogP contribution in [0.2, 0.25) is 0 Å². The minimum atomic E-state index is -4.41. The highest BCUT2D eigenvalue weighted by Gasteiger charge is 2.44. The first kappa shape index (κ1) is 12.3. The summed E-state index contributed by atoms with van der Waals surface area (Å²) in [5.41, 5.74) is -0.378. The molecule has 0 aromatic rings. The highest BCUT2D eigenvalue weighted by molar-refractivity contribution is 5.80. The number of alkyl halides is 3. The van der Waals surface area contributed by atoms with Crippen molar-refractivity contribution in [3.63, 3.8) is 0 Å². The summed E-state index contributed by atoms with van der Waals surface area (Å²) in [6, 6.07) is 0. The third-order valence-electron chi connectivity index (χ3n) is 2.31. The van der Waals surface area contributed by atoms with Crippen molar-refractivity contribution in [2.45, 2.75) is 26.9 Å². The summed E-state index contributed by atoms with van der Waals surface area (Å²) in [5, 5.41) is 0.413. The van der Waals surface area contributed by atoms with Crippen LogP contribution >= 0.6 is 0 Å². The predicted molar refractivity (Wildman–Crippen MR) is 46.7 cm³/mol. The predicted octanol–water partition coefficient (Wildman–Crippen LogP) is 1.98. The standard InChI is InChI=1S/C9H14F3NO2/c1-8(2,3)6-4-15-13(7(6)14)5-9(10,11)12/h6H,4-5H2,1-3H3/t6-/m1/s1. The van der Waals surface area contributed by atoms with Crippen molar-refractivity contribution in [1.29, 1.82) is 0 Å². The zero-order valence-electron chi connectivity index (χ0n) is 8.89. The number of hydrogen-bond donors (Lipinski definition) is 0. The second-order valence-electron chi connectivity index (χ2n) is 4.70. The summed E-state index contributed by atoms with van der Waals surface area (Å²) in [4.78, 5) is 16.3. The maximum Gasteiger partial charge on any atom is 0.408 e. The molecule has 1 aliphatic rings. The van der Waals surface area contributed by atoms with Gasteiger partial charge in [0.05, 0.1) is 12.5 Å². The number of carbonyl (C=O) groups excluding carboxylic acids is 1. The molecule has 1 rings (SSSR count). The van der Waals surface area contributed by atoms with Gasteiger partial charge in [-0.3, -0.25) is 9.63 Å². The second kappa shape index (κ2) is 3.66. The molecule has 3 nitrogen and oxygen atoms in total. The number of rotatable bonds is 1. The Bertz CT molecular complexity index is 257. The van der Waals surface area contributed by atoms with Gasteiger partial charge in [-0.25, -0.2) is 5.06 Å². The fourth-order valence-electron chi connectivity index (χ4n) is 1.38. The molecule has 0 unspecified atom stereocenters. The van der Waals surface area contributed by atoms with Crippen LogP contribution in [0.3, 0.4) is 0 Å². The maximum atomic E-state index is 12.0. The normalized spacial score (nSPS) is 23.7. The van der Waals surface area contributed by atoms with Gasteiger partial charge in [0.2, 0.25) is 0 Å². The second-order valence-corrected chi connectivity index (χ2v) is 4.70. The van der Waals surface area contributed by atoms with Crippen LogP contribution in [-0.4, -0.2) is 30.3 Å². The van der Waals surface area contributed by atoms with Crippen LogP contribution in [0.1, 0.15) is 20.8 Å². The van der Waals surface area contributed by atoms with Crippen LogP contribution in [0.25, 0.3) is 0 Å². The lowest BCUT2D eigenvalue weighted by Gasteiger charge is -2.23. The molecule has 0 aromatic carbocycles. The van der Waals surface area contributed by atoms with Crippen LogP contribution in [-0.2, 0) is 9.63 Å². The topological polar surface area (TPSA) is 29.5 Å². The Morgan fingerprint density at radius 3 is 2.27 bits per heavy atom. The third-order valence-corrected chi connectivity index (χ3v) is 2.31. The van der Waals surface area contributed by atoms with Crippen molar-refractivity contribution in [2.75, 3.05) is 13.2 Å². The monoisotopic (exact) mass is 225 g/mol. The number of hydroxylamine groups is 2. The summed E-state index contributed by atoms with van der Waals surface area (Å²) in [6.07, 6.45) is -4.41. The summed E-state index contributed by atoms with van der Waals surface area (Å²) in [7, 11) is 0. The molecule has 0 spiro atoms. The van der Waals surface area contributed by atoms with Gasteiger partial charge in [-0.05, 0) is 5.41 Å². The van der Waals surface area contributed by atoms with Crippen molar-refractivity contribution in [3.8, 4) is 0 Å². The first-order valence-corrected chi connectivity index (χ1v) is 4.62. The molecular weight excluding hydrogens is 211 g/mol. The van der Waals surface area contributed by atoms with E-state index in [2.05, 4.69) is 0 Å². The highest BCUT2D eigenvalue weighted by atomic mass is 19.4. The van der Waals surface area contributed by atoms with E-state index in [1.54, 1.807) is 20.8 Å². The molecule has 1 heterocycles. The van der Waals surface area contributed by atoms with Crippen LogP contribution in [0, 0.1) is 11.3 Å². The Hall–Kier alpha value is -0.780. The Morgan fingerprint density at radius 2 is 1.93 bits per heavy atom. The molecule has 88 valence electrons. The summed E-state index contributed by atoms with van der Waals surface area (Å²) >= 11 is 0.